The molecular weight excluding hydrogens is 417 g/mol. The molecule has 0 bridgehead atoms. The van der Waals surface area contributed by atoms with E-state index in [0.717, 1.165) is 14.5 Å². The van der Waals surface area contributed by atoms with E-state index in [0.29, 0.717) is 5.13 Å². The molecule has 0 atom stereocenters. The highest BCUT2D eigenvalue weighted by Crippen LogP contribution is 2.31. The molecule has 3 rings (SSSR count). The zero-order chi connectivity index (χ0) is 19.1. The Kier molecular flexibility index (Phi) is 5.23. The minimum Gasteiger partial charge on any atom is -0.298 e. The Morgan fingerprint density at radius 3 is 2.50 bits per heavy atom. The lowest BCUT2D eigenvalue weighted by Gasteiger charge is -2.14. The number of nitrogens with zero attached hydrogens (tertiary/aromatic N) is 2. The van der Waals surface area contributed by atoms with E-state index in [9.17, 15) is 13.2 Å². The molecule has 0 saturated carbocycles. The number of sulfonamides is 1. The van der Waals surface area contributed by atoms with Crippen molar-refractivity contribution in [2.24, 2.45) is 0 Å². The van der Waals surface area contributed by atoms with Crippen molar-refractivity contribution in [3.8, 4) is 0 Å². The molecule has 26 heavy (non-hydrogen) atoms. The number of hydrogen-bond acceptors (Lipinski definition) is 5. The number of amides is 1. The van der Waals surface area contributed by atoms with Crippen LogP contribution in [0.5, 0.6) is 0 Å². The van der Waals surface area contributed by atoms with Gasteiger partial charge in [0.25, 0.3) is 5.91 Å². The fourth-order valence-electron chi connectivity index (χ4n) is 2.19. The second-order valence-corrected chi connectivity index (χ2v) is 9.46. The van der Waals surface area contributed by atoms with Crippen molar-refractivity contribution in [1.29, 1.82) is 0 Å². The van der Waals surface area contributed by atoms with Crippen molar-refractivity contribution in [3.63, 3.8) is 0 Å². The summed E-state index contributed by atoms with van der Waals surface area (Å²) in [5.41, 5.74) is 0.752. The molecule has 0 aliphatic heterocycles. The second kappa shape index (κ2) is 7.13. The number of hydrogen-bond donors (Lipinski definition) is 1. The van der Waals surface area contributed by atoms with Gasteiger partial charge in [-0.25, -0.2) is 17.7 Å². The van der Waals surface area contributed by atoms with Gasteiger partial charge in [0.2, 0.25) is 10.0 Å². The first kappa shape index (κ1) is 19.1. The Bertz CT molecular complexity index is 1080. The van der Waals surface area contributed by atoms with Gasteiger partial charge in [-0.15, -0.1) is 0 Å². The summed E-state index contributed by atoms with van der Waals surface area (Å²) in [6.07, 6.45) is 0. The SMILES string of the molecule is CN(C)S(=O)(=O)c1cc(C(=O)Nc2nc3ccccc3s2)c(Cl)cc1Cl. The lowest BCUT2D eigenvalue weighted by Crippen LogP contribution is -2.23. The van der Waals surface area contributed by atoms with Crippen LogP contribution in [0.25, 0.3) is 10.2 Å². The summed E-state index contributed by atoms with van der Waals surface area (Å²) < 4.78 is 26.7. The number of anilines is 1. The van der Waals surface area contributed by atoms with Gasteiger partial charge < -0.3 is 0 Å². The predicted molar refractivity (Wildman–Crippen MR) is 105 cm³/mol. The van der Waals surface area contributed by atoms with Crippen LogP contribution < -0.4 is 5.32 Å². The molecule has 3 aromatic rings. The van der Waals surface area contributed by atoms with Crippen LogP contribution in [0.4, 0.5) is 5.13 Å². The average Bonchev–Trinajstić information content (AvgIpc) is 2.96. The smallest absolute Gasteiger partial charge is 0.259 e. The van der Waals surface area contributed by atoms with Crippen LogP contribution in [0.3, 0.4) is 0 Å². The molecule has 0 saturated heterocycles. The van der Waals surface area contributed by atoms with Gasteiger partial charge in [0.1, 0.15) is 4.90 Å². The minimum absolute atomic E-state index is 0.00394. The normalized spacial score (nSPS) is 11.9. The molecule has 1 N–H and O–H groups in total. The van der Waals surface area contributed by atoms with Crippen molar-refractivity contribution in [2.75, 3.05) is 19.4 Å². The van der Waals surface area contributed by atoms with Crippen LogP contribution >= 0.6 is 34.5 Å². The molecular formula is C16H13Cl2N3O3S2. The van der Waals surface area contributed by atoms with Crippen LogP contribution in [0.1, 0.15) is 10.4 Å². The highest BCUT2D eigenvalue weighted by Gasteiger charge is 2.25. The molecule has 136 valence electrons. The van der Waals surface area contributed by atoms with Crippen LogP contribution in [-0.2, 0) is 10.0 Å². The van der Waals surface area contributed by atoms with Gasteiger partial charge in [0.05, 0.1) is 25.8 Å². The summed E-state index contributed by atoms with van der Waals surface area (Å²) in [5.74, 6) is -0.569. The molecule has 10 heteroatoms. The summed E-state index contributed by atoms with van der Waals surface area (Å²) in [4.78, 5) is 16.7. The Labute approximate surface area is 164 Å². The first-order chi connectivity index (χ1) is 12.2. The molecule has 2 aromatic carbocycles. The Morgan fingerprint density at radius 2 is 1.85 bits per heavy atom. The van der Waals surface area contributed by atoms with E-state index in [4.69, 9.17) is 23.2 Å². The van der Waals surface area contributed by atoms with E-state index < -0.39 is 15.9 Å². The molecule has 0 spiro atoms. The van der Waals surface area contributed by atoms with Gasteiger partial charge in [0, 0.05) is 14.1 Å². The zero-order valence-electron chi connectivity index (χ0n) is 13.7. The number of aromatic nitrogens is 1. The summed E-state index contributed by atoms with van der Waals surface area (Å²) in [6.45, 7) is 0. The molecule has 6 nitrogen and oxygen atoms in total. The van der Waals surface area contributed by atoms with Crippen LogP contribution in [0.2, 0.25) is 10.0 Å². The minimum atomic E-state index is -3.82. The number of nitrogens with one attached hydrogen (secondary N) is 1. The average molecular weight is 430 g/mol. The molecule has 0 fully saturated rings. The van der Waals surface area contributed by atoms with Crippen LogP contribution in [-0.4, -0.2) is 37.7 Å². The fraction of sp³-hybridized carbons (Fsp3) is 0.125. The van der Waals surface area contributed by atoms with Crippen molar-refractivity contribution in [2.45, 2.75) is 4.90 Å². The van der Waals surface area contributed by atoms with E-state index >= 15 is 0 Å². The lowest BCUT2D eigenvalue weighted by molar-refractivity contribution is 0.102. The third-order valence-corrected chi connectivity index (χ3v) is 7.08. The molecule has 1 aromatic heterocycles. The number of para-hydroxylation sites is 1. The second-order valence-electron chi connectivity index (χ2n) is 5.49. The number of halogens is 2. The van der Waals surface area contributed by atoms with Gasteiger partial charge >= 0.3 is 0 Å². The van der Waals surface area contributed by atoms with Crippen molar-refractivity contribution in [1.82, 2.24) is 9.29 Å². The first-order valence-corrected chi connectivity index (χ1v) is 10.3. The van der Waals surface area contributed by atoms with E-state index in [2.05, 4.69) is 10.3 Å². The summed E-state index contributed by atoms with van der Waals surface area (Å²) in [7, 11) is -1.07. The Morgan fingerprint density at radius 1 is 1.15 bits per heavy atom. The van der Waals surface area contributed by atoms with E-state index in [-0.39, 0.29) is 20.5 Å². The quantitative estimate of drug-likeness (QED) is 0.676. The number of thiazole rings is 1. The lowest BCUT2D eigenvalue weighted by atomic mass is 10.2. The summed E-state index contributed by atoms with van der Waals surface area (Å²) in [5, 5.41) is 3.03. The number of carbonyl (C=O) groups is 1. The summed E-state index contributed by atoms with van der Waals surface area (Å²) >= 11 is 13.4. The van der Waals surface area contributed by atoms with Gasteiger partial charge in [-0.05, 0) is 24.3 Å². The van der Waals surface area contributed by atoms with E-state index in [1.165, 1.54) is 37.6 Å². The maximum absolute atomic E-state index is 12.6. The summed E-state index contributed by atoms with van der Waals surface area (Å²) in [6, 6.07) is 9.86. The maximum atomic E-state index is 12.6. The number of fused-ring (bicyclic) bond motifs is 1. The van der Waals surface area contributed by atoms with Gasteiger partial charge in [-0.2, -0.15) is 0 Å². The molecule has 0 aliphatic rings. The van der Waals surface area contributed by atoms with Crippen LogP contribution in [0.15, 0.2) is 41.3 Å². The highest BCUT2D eigenvalue weighted by atomic mass is 35.5. The Hall–Kier alpha value is -1.71. The highest BCUT2D eigenvalue weighted by molar-refractivity contribution is 7.89. The monoisotopic (exact) mass is 429 g/mol. The molecule has 0 radical (unpaired) electrons. The molecule has 0 unspecified atom stereocenters. The number of benzene rings is 2. The number of rotatable bonds is 4. The maximum Gasteiger partial charge on any atom is 0.259 e. The molecule has 1 amide bonds. The third-order valence-electron chi connectivity index (χ3n) is 3.54. The molecule has 1 heterocycles. The van der Waals surface area contributed by atoms with Crippen molar-refractivity contribution >= 4 is 65.8 Å². The van der Waals surface area contributed by atoms with Crippen LogP contribution in [0, 0.1) is 0 Å². The standard InChI is InChI=1S/C16H13Cl2N3O3S2/c1-21(2)26(23,24)14-7-9(10(17)8-11(14)18)15(22)20-16-19-12-5-3-4-6-13(12)25-16/h3-8H,1-2H3,(H,19,20,22). The van der Waals surface area contributed by atoms with Gasteiger partial charge in [-0.1, -0.05) is 46.7 Å². The number of carbonyl (C=O) groups excluding carboxylic acids is 1. The zero-order valence-corrected chi connectivity index (χ0v) is 16.8. The molecule has 0 aliphatic carbocycles. The fourth-order valence-corrected chi connectivity index (χ4v) is 4.78. The Balaban J connectivity index is 1.99. The largest absolute Gasteiger partial charge is 0.298 e. The van der Waals surface area contributed by atoms with Gasteiger partial charge in [-0.3, -0.25) is 10.1 Å². The van der Waals surface area contributed by atoms with Crippen molar-refractivity contribution < 1.29 is 13.2 Å². The third kappa shape index (κ3) is 3.56. The predicted octanol–water partition coefficient (Wildman–Crippen LogP) is 4.11. The van der Waals surface area contributed by atoms with E-state index in [1.54, 1.807) is 0 Å². The van der Waals surface area contributed by atoms with Crippen molar-refractivity contribution in [3.05, 3.63) is 52.0 Å². The van der Waals surface area contributed by atoms with Gasteiger partial charge in [0.15, 0.2) is 5.13 Å². The first-order valence-electron chi connectivity index (χ1n) is 7.28. The van der Waals surface area contributed by atoms with E-state index in [1.807, 2.05) is 24.3 Å². The topological polar surface area (TPSA) is 79.4 Å².